The second kappa shape index (κ2) is 5.80. The fraction of sp³-hybridized carbons (Fsp3) is 1.00. The summed E-state index contributed by atoms with van der Waals surface area (Å²) >= 11 is 0. The van der Waals surface area contributed by atoms with Gasteiger partial charge in [0.05, 0.1) is 6.10 Å². The van der Waals surface area contributed by atoms with Crippen LogP contribution in [0.2, 0.25) is 0 Å². The van der Waals surface area contributed by atoms with Crippen molar-refractivity contribution in [1.82, 2.24) is 0 Å². The minimum absolute atomic E-state index is 0.0209. The summed E-state index contributed by atoms with van der Waals surface area (Å²) in [5.74, 6) is 3.23. The fourth-order valence-electron chi connectivity index (χ4n) is 11.2. The molecule has 0 bridgehead atoms. The van der Waals surface area contributed by atoms with E-state index in [1.807, 2.05) is 0 Å². The lowest BCUT2D eigenvalue weighted by atomic mass is 9.32. The van der Waals surface area contributed by atoms with Crippen LogP contribution in [0.4, 0.5) is 0 Å². The Labute approximate surface area is 174 Å². The number of aliphatic hydroxyl groups excluding tert-OH is 1. The highest BCUT2D eigenvalue weighted by Gasteiger charge is 2.70. The van der Waals surface area contributed by atoms with Gasteiger partial charge in [0.2, 0.25) is 0 Å². The van der Waals surface area contributed by atoms with E-state index in [0.717, 1.165) is 24.2 Å². The normalized spacial score (nSPS) is 60.3. The number of rotatable bonds is 0. The molecule has 0 unspecified atom stereocenters. The van der Waals surface area contributed by atoms with E-state index in [-0.39, 0.29) is 6.10 Å². The van der Waals surface area contributed by atoms with Gasteiger partial charge in [-0.3, -0.25) is 0 Å². The highest BCUT2D eigenvalue weighted by Crippen LogP contribution is 2.77. The Hall–Kier alpha value is -0.0400. The van der Waals surface area contributed by atoms with Gasteiger partial charge in [-0.2, -0.15) is 0 Å². The number of fused-ring (bicyclic) bond motifs is 7. The predicted molar refractivity (Wildman–Crippen MR) is 117 cm³/mol. The van der Waals surface area contributed by atoms with E-state index in [0.29, 0.717) is 33.0 Å². The van der Waals surface area contributed by atoms with Crippen molar-refractivity contribution in [3.05, 3.63) is 0 Å². The molecule has 5 aliphatic rings. The van der Waals surface area contributed by atoms with E-state index in [2.05, 4.69) is 41.5 Å². The standard InChI is InChI=1S/C27H46O/c1-23(2)13-7-14-25(4)20(23)12-17-27(6)22(25)9-8-21-24(3)15-11-19(28)18(24)10-16-26(21,27)5/h18-22,28H,7-17H2,1-6H3/t18-,19-,20+,21-,22-,24+,25+,26-,27-/m1/s1. The molecule has 0 amide bonds. The zero-order chi connectivity index (χ0) is 20.2. The first-order valence-electron chi connectivity index (χ1n) is 12.7. The van der Waals surface area contributed by atoms with Crippen molar-refractivity contribution in [1.29, 1.82) is 0 Å². The van der Waals surface area contributed by atoms with Crippen molar-refractivity contribution in [2.75, 3.05) is 0 Å². The molecule has 9 atom stereocenters. The van der Waals surface area contributed by atoms with Crippen LogP contribution in [-0.2, 0) is 0 Å². The van der Waals surface area contributed by atoms with E-state index in [1.165, 1.54) is 64.2 Å². The minimum Gasteiger partial charge on any atom is -0.393 e. The van der Waals surface area contributed by atoms with Crippen LogP contribution in [0.5, 0.6) is 0 Å². The molecule has 1 N–H and O–H groups in total. The van der Waals surface area contributed by atoms with Gasteiger partial charge in [0, 0.05) is 0 Å². The highest BCUT2D eigenvalue weighted by molar-refractivity contribution is 5.18. The number of aliphatic hydroxyl groups is 1. The van der Waals surface area contributed by atoms with Crippen molar-refractivity contribution in [3.63, 3.8) is 0 Å². The SMILES string of the molecule is CC1(C)CCC[C@]2(C)[C@H]3CC[C@@H]4[C@@]5(C)CC[C@@H](O)[C@H]5CC[C@@]4(C)[C@]3(C)CC[C@@H]12. The predicted octanol–water partition coefficient (Wildman–Crippen LogP) is 7.22. The zero-order valence-electron chi connectivity index (χ0n) is 19.6. The lowest BCUT2D eigenvalue weighted by Gasteiger charge is -2.73. The third-order valence-corrected chi connectivity index (χ3v) is 12.7. The van der Waals surface area contributed by atoms with Crippen molar-refractivity contribution in [3.8, 4) is 0 Å². The van der Waals surface area contributed by atoms with E-state index >= 15 is 0 Å². The average molecular weight is 387 g/mol. The summed E-state index contributed by atoms with van der Waals surface area (Å²) in [5, 5.41) is 10.7. The van der Waals surface area contributed by atoms with Crippen molar-refractivity contribution < 1.29 is 5.11 Å². The van der Waals surface area contributed by atoms with Gasteiger partial charge < -0.3 is 5.11 Å². The molecule has 1 heteroatoms. The van der Waals surface area contributed by atoms with Gasteiger partial charge in [0.15, 0.2) is 0 Å². The Bertz CT molecular complexity index is 653. The third kappa shape index (κ3) is 2.19. The third-order valence-electron chi connectivity index (χ3n) is 12.7. The van der Waals surface area contributed by atoms with Gasteiger partial charge in [0.1, 0.15) is 0 Å². The summed E-state index contributed by atoms with van der Waals surface area (Å²) in [6, 6.07) is 0. The van der Waals surface area contributed by atoms with Crippen LogP contribution in [0.25, 0.3) is 0 Å². The monoisotopic (exact) mass is 386 g/mol. The maximum absolute atomic E-state index is 10.7. The van der Waals surface area contributed by atoms with Gasteiger partial charge in [0.25, 0.3) is 0 Å². The van der Waals surface area contributed by atoms with E-state index in [9.17, 15) is 5.11 Å². The number of hydrogen-bond acceptors (Lipinski definition) is 1. The Morgan fingerprint density at radius 1 is 0.571 bits per heavy atom. The topological polar surface area (TPSA) is 20.2 Å². The zero-order valence-corrected chi connectivity index (χ0v) is 19.6. The Kier molecular flexibility index (Phi) is 4.12. The molecule has 0 saturated heterocycles. The van der Waals surface area contributed by atoms with Crippen LogP contribution in [0.15, 0.2) is 0 Å². The Morgan fingerprint density at radius 3 is 1.86 bits per heavy atom. The molecule has 0 aliphatic heterocycles. The van der Waals surface area contributed by atoms with Crippen LogP contribution in [0, 0.1) is 50.7 Å². The summed E-state index contributed by atoms with van der Waals surface area (Å²) in [6.45, 7) is 15.9. The molecule has 5 saturated carbocycles. The molecule has 1 nitrogen and oxygen atoms in total. The summed E-state index contributed by atoms with van der Waals surface area (Å²) in [7, 11) is 0. The highest BCUT2D eigenvalue weighted by atomic mass is 16.3. The molecule has 5 aliphatic carbocycles. The van der Waals surface area contributed by atoms with Crippen molar-refractivity contribution >= 4 is 0 Å². The average Bonchev–Trinajstić information content (AvgIpc) is 2.90. The Morgan fingerprint density at radius 2 is 1.18 bits per heavy atom. The molecule has 5 rings (SSSR count). The van der Waals surface area contributed by atoms with E-state index in [1.54, 1.807) is 0 Å². The molecule has 160 valence electrons. The largest absolute Gasteiger partial charge is 0.393 e. The smallest absolute Gasteiger partial charge is 0.0573 e. The molecule has 0 heterocycles. The van der Waals surface area contributed by atoms with Crippen LogP contribution in [0.3, 0.4) is 0 Å². The number of hydrogen-bond donors (Lipinski definition) is 1. The van der Waals surface area contributed by atoms with Gasteiger partial charge in [-0.1, -0.05) is 48.0 Å². The lowest BCUT2D eigenvalue weighted by molar-refractivity contribution is -0.242. The summed E-state index contributed by atoms with van der Waals surface area (Å²) in [6.07, 6.45) is 15.1. The quantitative estimate of drug-likeness (QED) is 0.466. The summed E-state index contributed by atoms with van der Waals surface area (Å²) in [4.78, 5) is 0. The van der Waals surface area contributed by atoms with Crippen LogP contribution >= 0.6 is 0 Å². The lowest BCUT2D eigenvalue weighted by Crippen LogP contribution is -2.65. The molecule has 0 aromatic rings. The molecular weight excluding hydrogens is 340 g/mol. The molecule has 0 aromatic heterocycles. The molecule has 5 fully saturated rings. The first kappa shape index (κ1) is 19.9. The van der Waals surface area contributed by atoms with Crippen molar-refractivity contribution in [2.45, 2.75) is 118 Å². The molecule has 0 spiro atoms. The molecule has 28 heavy (non-hydrogen) atoms. The maximum atomic E-state index is 10.7. The maximum Gasteiger partial charge on any atom is 0.0573 e. The van der Waals surface area contributed by atoms with Crippen LogP contribution < -0.4 is 0 Å². The second-order valence-corrected chi connectivity index (χ2v) is 13.7. The minimum atomic E-state index is -0.0209. The van der Waals surface area contributed by atoms with Crippen LogP contribution in [-0.4, -0.2) is 11.2 Å². The van der Waals surface area contributed by atoms with Gasteiger partial charge in [-0.05, 0) is 115 Å². The second-order valence-electron chi connectivity index (χ2n) is 13.7. The van der Waals surface area contributed by atoms with Gasteiger partial charge in [-0.25, -0.2) is 0 Å². The van der Waals surface area contributed by atoms with E-state index in [4.69, 9.17) is 0 Å². The van der Waals surface area contributed by atoms with Gasteiger partial charge in [-0.15, -0.1) is 0 Å². The fourth-order valence-corrected chi connectivity index (χ4v) is 11.2. The van der Waals surface area contributed by atoms with E-state index < -0.39 is 0 Å². The van der Waals surface area contributed by atoms with Crippen molar-refractivity contribution in [2.24, 2.45) is 50.7 Å². The molecule has 0 aromatic carbocycles. The van der Waals surface area contributed by atoms with Crippen LogP contribution in [0.1, 0.15) is 112 Å². The van der Waals surface area contributed by atoms with Gasteiger partial charge >= 0.3 is 0 Å². The first-order valence-corrected chi connectivity index (χ1v) is 12.7. The molecule has 0 radical (unpaired) electrons. The first-order chi connectivity index (χ1) is 13.0. The summed E-state index contributed by atoms with van der Waals surface area (Å²) < 4.78 is 0. The summed E-state index contributed by atoms with van der Waals surface area (Å²) in [5.41, 5.74) is 2.45. The molecular formula is C27H46O. The Balaban J connectivity index is 1.55.